The van der Waals surface area contributed by atoms with Crippen molar-refractivity contribution in [3.05, 3.63) is 46.5 Å². The number of fused-ring (bicyclic) bond motifs is 3. The fourth-order valence-corrected chi connectivity index (χ4v) is 3.58. The highest BCUT2D eigenvalue weighted by molar-refractivity contribution is 7.00. The van der Waals surface area contributed by atoms with Crippen LogP contribution in [0.3, 0.4) is 0 Å². The van der Waals surface area contributed by atoms with E-state index in [0.29, 0.717) is 6.42 Å². The zero-order chi connectivity index (χ0) is 15.3. The average molecular weight is 332 g/mol. The lowest BCUT2D eigenvalue weighted by Crippen LogP contribution is -2.23. The first-order valence-corrected chi connectivity index (χ1v) is 7.78. The van der Waals surface area contributed by atoms with E-state index >= 15 is 0 Å². The molecule has 2 N–H and O–H groups in total. The van der Waals surface area contributed by atoms with E-state index in [0.717, 1.165) is 39.6 Å². The highest BCUT2D eigenvalue weighted by Gasteiger charge is 2.30. The van der Waals surface area contributed by atoms with Gasteiger partial charge in [-0.3, -0.25) is 4.79 Å². The van der Waals surface area contributed by atoms with Gasteiger partial charge in [-0.2, -0.15) is 8.75 Å². The minimum absolute atomic E-state index is 0.0273. The molecule has 0 fully saturated rings. The fourth-order valence-electron chi connectivity index (χ4n) is 2.85. The molecule has 0 spiro atoms. The second-order valence-corrected chi connectivity index (χ2v) is 6.11. The minimum atomic E-state index is -0.158. The molecule has 1 aliphatic heterocycles. The van der Waals surface area contributed by atoms with E-state index in [9.17, 15) is 9.90 Å². The Hall–Kier alpha value is -2.18. The van der Waals surface area contributed by atoms with E-state index in [1.165, 1.54) is 0 Å². The molecule has 0 saturated carbocycles. The van der Waals surface area contributed by atoms with Crippen molar-refractivity contribution in [2.24, 2.45) is 0 Å². The van der Waals surface area contributed by atoms with Crippen LogP contribution in [0.2, 0.25) is 5.02 Å². The lowest BCUT2D eigenvalue weighted by Gasteiger charge is -2.26. The SMILES string of the molecule is O=C1C[C@@H](c2ccc(O)c(Cl)c2)c2c(ccc3nsnc23)N1. The van der Waals surface area contributed by atoms with Crippen LogP contribution in [-0.2, 0) is 4.79 Å². The maximum absolute atomic E-state index is 12.0. The third kappa shape index (κ3) is 2.03. The third-order valence-corrected chi connectivity index (χ3v) is 4.70. The predicted molar refractivity (Wildman–Crippen MR) is 85.6 cm³/mol. The van der Waals surface area contributed by atoms with Crippen molar-refractivity contribution in [1.82, 2.24) is 8.75 Å². The van der Waals surface area contributed by atoms with Gasteiger partial charge >= 0.3 is 0 Å². The number of hydrogen-bond acceptors (Lipinski definition) is 5. The van der Waals surface area contributed by atoms with Crippen LogP contribution in [0.1, 0.15) is 23.5 Å². The van der Waals surface area contributed by atoms with Gasteiger partial charge in [0.25, 0.3) is 0 Å². The van der Waals surface area contributed by atoms with Gasteiger partial charge in [-0.25, -0.2) is 0 Å². The van der Waals surface area contributed by atoms with E-state index in [1.807, 2.05) is 12.1 Å². The van der Waals surface area contributed by atoms with Crippen molar-refractivity contribution in [3.8, 4) is 5.75 Å². The van der Waals surface area contributed by atoms with Crippen LogP contribution in [0, 0.1) is 0 Å². The molecule has 1 amide bonds. The summed E-state index contributed by atoms with van der Waals surface area (Å²) in [5, 5.41) is 12.8. The van der Waals surface area contributed by atoms with Crippen molar-refractivity contribution in [3.63, 3.8) is 0 Å². The van der Waals surface area contributed by atoms with Crippen LogP contribution in [0.4, 0.5) is 5.69 Å². The molecule has 7 heteroatoms. The van der Waals surface area contributed by atoms with E-state index in [-0.39, 0.29) is 22.6 Å². The maximum atomic E-state index is 12.0. The number of rotatable bonds is 1. The molecule has 3 aromatic rings. The van der Waals surface area contributed by atoms with Crippen LogP contribution < -0.4 is 5.32 Å². The number of hydrogen-bond donors (Lipinski definition) is 2. The molecule has 0 unspecified atom stereocenters. The standard InChI is InChI=1S/C15H10ClN3O2S/c16-9-5-7(1-4-12(9)20)8-6-13(21)17-10-2-3-11-15(14(8)10)19-22-18-11/h1-5,8,20H,6H2,(H,17,21)/t8-/m0/s1. The number of carbonyl (C=O) groups is 1. The smallest absolute Gasteiger partial charge is 0.225 e. The largest absolute Gasteiger partial charge is 0.506 e. The van der Waals surface area contributed by atoms with Crippen LogP contribution in [0.5, 0.6) is 5.75 Å². The Balaban J connectivity index is 1.95. The van der Waals surface area contributed by atoms with E-state index in [4.69, 9.17) is 11.6 Å². The third-order valence-electron chi connectivity index (χ3n) is 3.85. The van der Waals surface area contributed by atoms with Gasteiger partial charge in [-0.15, -0.1) is 0 Å². The number of nitrogens with zero attached hydrogens (tertiary/aromatic N) is 2. The molecule has 5 nitrogen and oxygen atoms in total. The predicted octanol–water partition coefficient (Wildman–Crippen LogP) is 3.52. The number of aromatic hydroxyl groups is 1. The lowest BCUT2D eigenvalue weighted by molar-refractivity contribution is -0.116. The van der Waals surface area contributed by atoms with E-state index in [1.54, 1.807) is 18.2 Å². The zero-order valence-electron chi connectivity index (χ0n) is 11.2. The summed E-state index contributed by atoms with van der Waals surface area (Å²) in [4.78, 5) is 12.0. The molecular formula is C15H10ClN3O2S. The number of phenols is 1. The summed E-state index contributed by atoms with van der Waals surface area (Å²) in [6, 6.07) is 8.73. The number of nitrogens with one attached hydrogen (secondary N) is 1. The van der Waals surface area contributed by atoms with Gasteiger partial charge in [0, 0.05) is 23.6 Å². The highest BCUT2D eigenvalue weighted by atomic mass is 35.5. The molecule has 1 atom stereocenters. The van der Waals surface area contributed by atoms with Gasteiger partial charge in [0.05, 0.1) is 16.8 Å². The maximum Gasteiger partial charge on any atom is 0.225 e. The Morgan fingerprint density at radius 2 is 2.14 bits per heavy atom. The lowest BCUT2D eigenvalue weighted by atomic mass is 9.84. The number of anilines is 1. The molecule has 0 saturated heterocycles. The molecule has 22 heavy (non-hydrogen) atoms. The summed E-state index contributed by atoms with van der Waals surface area (Å²) in [6.07, 6.45) is 0.310. The topological polar surface area (TPSA) is 75.1 Å². The Morgan fingerprint density at radius 3 is 2.95 bits per heavy atom. The summed E-state index contributed by atoms with van der Waals surface area (Å²) < 4.78 is 8.63. The number of aromatic nitrogens is 2. The second kappa shape index (κ2) is 4.93. The van der Waals surface area contributed by atoms with Crippen LogP contribution >= 0.6 is 23.3 Å². The summed E-state index contributed by atoms with van der Waals surface area (Å²) in [5.41, 5.74) is 4.20. The van der Waals surface area contributed by atoms with Crippen molar-refractivity contribution >= 4 is 46.0 Å². The first kappa shape index (κ1) is 13.5. The van der Waals surface area contributed by atoms with E-state index in [2.05, 4.69) is 14.1 Å². The van der Waals surface area contributed by atoms with Crippen LogP contribution in [-0.4, -0.2) is 19.8 Å². The molecule has 1 aromatic heterocycles. The molecule has 4 rings (SSSR count). The summed E-state index contributed by atoms with van der Waals surface area (Å²) in [6.45, 7) is 0. The molecule has 2 aromatic carbocycles. The van der Waals surface area contributed by atoms with Crippen molar-refractivity contribution in [2.45, 2.75) is 12.3 Å². The first-order chi connectivity index (χ1) is 10.6. The van der Waals surface area contributed by atoms with Gasteiger partial charge in [0.2, 0.25) is 5.91 Å². The van der Waals surface area contributed by atoms with Gasteiger partial charge in [-0.1, -0.05) is 17.7 Å². The number of carbonyl (C=O) groups excluding carboxylic acids is 1. The summed E-state index contributed by atoms with van der Waals surface area (Å²) in [7, 11) is 0. The molecule has 0 aliphatic carbocycles. The van der Waals surface area contributed by atoms with Crippen molar-refractivity contribution in [1.29, 1.82) is 0 Å². The summed E-state index contributed by atoms with van der Waals surface area (Å²) in [5.74, 6) is -0.182. The molecule has 1 aliphatic rings. The van der Waals surface area contributed by atoms with E-state index < -0.39 is 0 Å². The quantitative estimate of drug-likeness (QED) is 0.715. The first-order valence-electron chi connectivity index (χ1n) is 6.67. The number of benzene rings is 2. The van der Waals surface area contributed by atoms with Crippen LogP contribution in [0.25, 0.3) is 11.0 Å². The Morgan fingerprint density at radius 1 is 1.27 bits per heavy atom. The number of phenolic OH excluding ortho intramolecular Hbond substituents is 1. The Labute approximate surface area is 134 Å². The van der Waals surface area contributed by atoms with Crippen molar-refractivity contribution < 1.29 is 9.90 Å². The van der Waals surface area contributed by atoms with Gasteiger partial charge in [-0.05, 0) is 29.8 Å². The monoisotopic (exact) mass is 331 g/mol. The Bertz CT molecular complexity index is 909. The molecule has 0 bridgehead atoms. The van der Waals surface area contributed by atoms with Crippen molar-refractivity contribution in [2.75, 3.05) is 5.32 Å². The van der Waals surface area contributed by atoms with Gasteiger partial charge < -0.3 is 10.4 Å². The molecule has 2 heterocycles. The fraction of sp³-hybridized carbons (Fsp3) is 0.133. The molecule has 110 valence electrons. The Kier molecular flexibility index (Phi) is 3.02. The molecular weight excluding hydrogens is 322 g/mol. The van der Waals surface area contributed by atoms with Crippen LogP contribution in [0.15, 0.2) is 30.3 Å². The zero-order valence-corrected chi connectivity index (χ0v) is 12.8. The number of halogens is 1. The van der Waals surface area contributed by atoms with Gasteiger partial charge in [0.15, 0.2) is 0 Å². The number of amides is 1. The minimum Gasteiger partial charge on any atom is -0.506 e. The molecule has 0 radical (unpaired) electrons. The highest BCUT2D eigenvalue weighted by Crippen LogP contribution is 2.42. The second-order valence-electron chi connectivity index (χ2n) is 5.17. The van der Waals surface area contributed by atoms with Gasteiger partial charge in [0.1, 0.15) is 16.8 Å². The average Bonchev–Trinajstić information content (AvgIpc) is 2.97. The normalized spacial score (nSPS) is 17.3. The summed E-state index contributed by atoms with van der Waals surface area (Å²) >= 11 is 7.17.